The van der Waals surface area contributed by atoms with Crippen molar-refractivity contribution in [3.8, 4) is 0 Å². The Labute approximate surface area is 144 Å². The summed E-state index contributed by atoms with van der Waals surface area (Å²) >= 11 is 0. The summed E-state index contributed by atoms with van der Waals surface area (Å²) in [4.78, 5) is 15.4. The molecule has 0 unspecified atom stereocenters. The molecule has 3 nitrogen and oxygen atoms in total. The van der Waals surface area contributed by atoms with Crippen LogP contribution in [0, 0.1) is 11.6 Å². The van der Waals surface area contributed by atoms with Crippen LogP contribution >= 0.6 is 0 Å². The Kier molecular flexibility index (Phi) is 3.79. The Morgan fingerprint density at radius 3 is 2.52 bits per heavy atom. The van der Waals surface area contributed by atoms with Gasteiger partial charge in [0.2, 0.25) is 5.91 Å². The van der Waals surface area contributed by atoms with Gasteiger partial charge in [0.1, 0.15) is 11.6 Å². The van der Waals surface area contributed by atoms with E-state index >= 15 is 0 Å². The average Bonchev–Trinajstić information content (AvgIpc) is 3.27. The highest BCUT2D eigenvalue weighted by Gasteiger charge is 2.45. The average molecular weight is 340 g/mol. The van der Waals surface area contributed by atoms with E-state index in [1.807, 2.05) is 6.20 Å². The molecule has 5 heteroatoms. The van der Waals surface area contributed by atoms with Gasteiger partial charge in [0, 0.05) is 29.1 Å². The standard InChI is InChI=1S/C20H18F2N2O/c21-14-3-1-13(2-4-14)9-19(25)24-12-20(7-8-20)17-11-23-18-6-5-15(22)10-16(17)18/h1-6,10-11,23H,7-9,12H2,(H,24,25). The van der Waals surface area contributed by atoms with E-state index in [9.17, 15) is 13.6 Å². The van der Waals surface area contributed by atoms with Crippen molar-refractivity contribution in [1.29, 1.82) is 0 Å². The third kappa shape index (κ3) is 3.14. The molecular formula is C20H18F2N2O. The number of halogens is 2. The molecule has 2 aromatic carbocycles. The van der Waals surface area contributed by atoms with E-state index in [1.54, 1.807) is 24.3 Å². The van der Waals surface area contributed by atoms with Gasteiger partial charge in [-0.1, -0.05) is 12.1 Å². The summed E-state index contributed by atoms with van der Waals surface area (Å²) in [7, 11) is 0. The maximum Gasteiger partial charge on any atom is 0.224 e. The number of aromatic nitrogens is 1. The summed E-state index contributed by atoms with van der Waals surface area (Å²) in [5.74, 6) is -0.666. The van der Waals surface area contributed by atoms with E-state index in [0.29, 0.717) is 6.54 Å². The van der Waals surface area contributed by atoms with Gasteiger partial charge in [-0.3, -0.25) is 4.79 Å². The molecule has 0 bridgehead atoms. The van der Waals surface area contributed by atoms with Gasteiger partial charge in [-0.25, -0.2) is 8.78 Å². The fraction of sp³-hybridized carbons (Fsp3) is 0.250. The summed E-state index contributed by atoms with van der Waals surface area (Å²) < 4.78 is 26.5. The SMILES string of the molecule is O=C(Cc1ccc(F)cc1)NCC1(c2c[nH]c3ccc(F)cc23)CC1. The molecular weight excluding hydrogens is 322 g/mol. The summed E-state index contributed by atoms with van der Waals surface area (Å²) in [6.45, 7) is 0.524. The summed E-state index contributed by atoms with van der Waals surface area (Å²) in [5, 5.41) is 3.86. The van der Waals surface area contributed by atoms with Crippen LogP contribution in [0.5, 0.6) is 0 Å². The van der Waals surface area contributed by atoms with Crippen LogP contribution in [0.3, 0.4) is 0 Å². The van der Waals surface area contributed by atoms with Gasteiger partial charge in [0.05, 0.1) is 6.42 Å². The van der Waals surface area contributed by atoms with Gasteiger partial charge in [-0.15, -0.1) is 0 Å². The highest BCUT2D eigenvalue weighted by atomic mass is 19.1. The number of carbonyl (C=O) groups excluding carboxylic acids is 1. The number of fused-ring (bicyclic) bond motifs is 1. The van der Waals surface area contributed by atoms with Crippen LogP contribution in [-0.2, 0) is 16.6 Å². The minimum atomic E-state index is -0.312. The largest absolute Gasteiger partial charge is 0.361 e. The number of hydrogen-bond acceptors (Lipinski definition) is 1. The van der Waals surface area contributed by atoms with Crippen molar-refractivity contribution in [3.05, 3.63) is 71.4 Å². The van der Waals surface area contributed by atoms with Gasteiger partial charge in [0.15, 0.2) is 0 Å². The number of amides is 1. The second-order valence-electron chi connectivity index (χ2n) is 6.75. The van der Waals surface area contributed by atoms with Crippen LogP contribution in [0.2, 0.25) is 0 Å². The third-order valence-electron chi connectivity index (χ3n) is 4.97. The number of nitrogens with one attached hydrogen (secondary N) is 2. The molecule has 128 valence electrons. The maximum atomic E-state index is 13.6. The number of aromatic amines is 1. The first-order valence-electron chi connectivity index (χ1n) is 8.34. The quantitative estimate of drug-likeness (QED) is 0.728. The van der Waals surface area contributed by atoms with Crippen molar-refractivity contribution in [3.63, 3.8) is 0 Å². The van der Waals surface area contributed by atoms with Crippen LogP contribution in [0.15, 0.2) is 48.7 Å². The molecule has 1 aromatic heterocycles. The molecule has 0 radical (unpaired) electrons. The first-order valence-corrected chi connectivity index (χ1v) is 8.34. The second kappa shape index (κ2) is 5.99. The van der Waals surface area contributed by atoms with Gasteiger partial charge in [0.25, 0.3) is 0 Å². The zero-order valence-electron chi connectivity index (χ0n) is 13.6. The summed E-state index contributed by atoms with van der Waals surface area (Å²) in [5.41, 5.74) is 2.62. The predicted molar refractivity (Wildman–Crippen MR) is 92.3 cm³/mol. The van der Waals surface area contributed by atoms with Gasteiger partial charge >= 0.3 is 0 Å². The molecule has 0 saturated heterocycles. The Hall–Kier alpha value is -2.69. The second-order valence-corrected chi connectivity index (χ2v) is 6.75. The number of benzene rings is 2. The number of hydrogen-bond donors (Lipinski definition) is 2. The lowest BCUT2D eigenvalue weighted by Crippen LogP contribution is -2.33. The highest BCUT2D eigenvalue weighted by Crippen LogP contribution is 2.50. The Morgan fingerprint density at radius 2 is 1.80 bits per heavy atom. The van der Waals surface area contributed by atoms with E-state index < -0.39 is 0 Å². The molecule has 1 heterocycles. The number of rotatable bonds is 5. The molecule has 0 aliphatic heterocycles. The lowest BCUT2D eigenvalue weighted by molar-refractivity contribution is -0.120. The maximum absolute atomic E-state index is 13.6. The third-order valence-corrected chi connectivity index (χ3v) is 4.97. The van der Waals surface area contributed by atoms with E-state index in [2.05, 4.69) is 10.3 Å². The summed E-state index contributed by atoms with van der Waals surface area (Å²) in [6, 6.07) is 10.6. The zero-order valence-corrected chi connectivity index (χ0v) is 13.6. The van der Waals surface area contributed by atoms with E-state index in [1.165, 1.54) is 18.2 Å². The van der Waals surface area contributed by atoms with Crippen molar-refractivity contribution in [2.24, 2.45) is 0 Å². The Bertz CT molecular complexity index is 927. The van der Waals surface area contributed by atoms with E-state index in [-0.39, 0.29) is 29.4 Å². The fourth-order valence-corrected chi connectivity index (χ4v) is 3.34. The predicted octanol–water partition coefficient (Wildman–Crippen LogP) is 3.84. The fourth-order valence-electron chi connectivity index (χ4n) is 3.34. The molecule has 1 amide bonds. The van der Waals surface area contributed by atoms with E-state index in [0.717, 1.165) is 34.9 Å². The summed E-state index contributed by atoms with van der Waals surface area (Å²) in [6.07, 6.45) is 4.07. The van der Waals surface area contributed by atoms with Crippen LogP contribution < -0.4 is 5.32 Å². The zero-order chi connectivity index (χ0) is 17.4. The molecule has 0 atom stereocenters. The van der Waals surface area contributed by atoms with Crippen molar-refractivity contribution >= 4 is 16.8 Å². The Morgan fingerprint density at radius 1 is 1.08 bits per heavy atom. The smallest absolute Gasteiger partial charge is 0.224 e. The monoisotopic (exact) mass is 340 g/mol. The van der Waals surface area contributed by atoms with Crippen LogP contribution in [0.4, 0.5) is 8.78 Å². The topological polar surface area (TPSA) is 44.9 Å². The molecule has 1 aliphatic carbocycles. The number of H-pyrrole nitrogens is 1. The molecule has 0 spiro atoms. The van der Waals surface area contributed by atoms with Gasteiger partial charge < -0.3 is 10.3 Å². The molecule has 1 fully saturated rings. The lowest BCUT2D eigenvalue weighted by atomic mass is 9.95. The van der Waals surface area contributed by atoms with Crippen LogP contribution in [0.1, 0.15) is 24.0 Å². The van der Waals surface area contributed by atoms with E-state index in [4.69, 9.17) is 0 Å². The number of carbonyl (C=O) groups is 1. The Balaban J connectivity index is 1.45. The first kappa shape index (κ1) is 15.8. The van der Waals surface area contributed by atoms with Crippen molar-refractivity contribution in [2.75, 3.05) is 6.54 Å². The van der Waals surface area contributed by atoms with Gasteiger partial charge in [-0.2, -0.15) is 0 Å². The molecule has 3 aromatic rings. The van der Waals surface area contributed by atoms with Crippen LogP contribution in [-0.4, -0.2) is 17.4 Å². The van der Waals surface area contributed by atoms with Crippen LogP contribution in [0.25, 0.3) is 10.9 Å². The molecule has 1 saturated carbocycles. The minimum absolute atomic E-state index is 0.0936. The lowest BCUT2D eigenvalue weighted by Gasteiger charge is -2.16. The molecule has 1 aliphatic rings. The first-order chi connectivity index (χ1) is 12.1. The highest BCUT2D eigenvalue weighted by molar-refractivity contribution is 5.85. The van der Waals surface area contributed by atoms with Crippen molar-refractivity contribution in [2.45, 2.75) is 24.7 Å². The normalized spacial score (nSPS) is 15.3. The minimum Gasteiger partial charge on any atom is -0.361 e. The molecule has 4 rings (SSSR count). The molecule has 2 N–H and O–H groups in total. The van der Waals surface area contributed by atoms with Gasteiger partial charge in [-0.05, 0) is 54.3 Å². The van der Waals surface area contributed by atoms with Crippen molar-refractivity contribution < 1.29 is 13.6 Å². The van der Waals surface area contributed by atoms with Crippen molar-refractivity contribution in [1.82, 2.24) is 10.3 Å². The molecule has 25 heavy (non-hydrogen) atoms.